The van der Waals surface area contributed by atoms with E-state index in [1.165, 1.54) is 19.2 Å². The van der Waals surface area contributed by atoms with Gasteiger partial charge in [-0.1, -0.05) is 6.92 Å². The van der Waals surface area contributed by atoms with E-state index in [0.29, 0.717) is 5.69 Å². The number of ether oxygens (including phenoxy) is 1. The van der Waals surface area contributed by atoms with Gasteiger partial charge in [0.25, 0.3) is 5.69 Å². The first kappa shape index (κ1) is 13.8. The molecule has 0 aliphatic rings. The van der Waals surface area contributed by atoms with Crippen molar-refractivity contribution in [3.8, 4) is 0 Å². The van der Waals surface area contributed by atoms with Crippen LogP contribution < -0.4 is 0 Å². The lowest BCUT2D eigenvalue weighted by atomic mass is 10.0. The summed E-state index contributed by atoms with van der Waals surface area (Å²) in [5, 5.41) is 18.2. The van der Waals surface area contributed by atoms with E-state index < -0.39 is 16.8 Å². The van der Waals surface area contributed by atoms with Crippen LogP contribution in [0.4, 0.5) is 5.69 Å². The zero-order chi connectivity index (χ0) is 13.7. The SMILES string of the molecule is COC(=O)C(C)CC(=N)c1ccc([N+](=O)[O-])cn1. The quantitative estimate of drug-likeness (QED) is 0.370. The molecule has 1 N–H and O–H groups in total. The molecule has 0 aromatic carbocycles. The van der Waals surface area contributed by atoms with Gasteiger partial charge in [-0.05, 0) is 6.07 Å². The van der Waals surface area contributed by atoms with E-state index in [2.05, 4.69) is 9.72 Å². The Hall–Kier alpha value is -2.31. The van der Waals surface area contributed by atoms with E-state index in [1.807, 2.05) is 0 Å². The summed E-state index contributed by atoms with van der Waals surface area (Å²) in [6.07, 6.45) is 1.27. The third kappa shape index (κ3) is 3.34. The Balaban J connectivity index is 2.73. The zero-order valence-corrected chi connectivity index (χ0v) is 10.0. The van der Waals surface area contributed by atoms with Crippen molar-refractivity contribution in [3.05, 3.63) is 34.1 Å². The van der Waals surface area contributed by atoms with E-state index in [4.69, 9.17) is 5.41 Å². The smallest absolute Gasteiger partial charge is 0.308 e. The van der Waals surface area contributed by atoms with Crippen LogP contribution in [0.15, 0.2) is 18.3 Å². The Morgan fingerprint density at radius 3 is 2.72 bits per heavy atom. The molecular weight excluding hydrogens is 238 g/mol. The van der Waals surface area contributed by atoms with Crippen molar-refractivity contribution >= 4 is 17.4 Å². The molecule has 0 bridgehead atoms. The van der Waals surface area contributed by atoms with Crippen LogP contribution in [0.5, 0.6) is 0 Å². The number of methoxy groups -OCH3 is 1. The molecule has 0 fully saturated rings. The molecule has 7 nitrogen and oxygen atoms in total. The van der Waals surface area contributed by atoms with Crippen LogP contribution in [0.2, 0.25) is 0 Å². The highest BCUT2D eigenvalue weighted by molar-refractivity contribution is 5.98. The Labute approximate surface area is 103 Å². The van der Waals surface area contributed by atoms with Crippen LogP contribution in [-0.2, 0) is 9.53 Å². The summed E-state index contributed by atoms with van der Waals surface area (Å²) in [7, 11) is 1.28. The maximum absolute atomic E-state index is 11.2. The van der Waals surface area contributed by atoms with Crippen molar-refractivity contribution in [2.24, 2.45) is 5.92 Å². The van der Waals surface area contributed by atoms with Crippen molar-refractivity contribution in [1.29, 1.82) is 5.41 Å². The molecular formula is C11H13N3O4. The van der Waals surface area contributed by atoms with Crippen LogP contribution in [0, 0.1) is 21.4 Å². The lowest BCUT2D eigenvalue weighted by Crippen LogP contribution is -2.17. The predicted molar refractivity (Wildman–Crippen MR) is 63.5 cm³/mol. The van der Waals surface area contributed by atoms with Gasteiger partial charge in [-0.2, -0.15) is 0 Å². The molecule has 0 spiro atoms. The van der Waals surface area contributed by atoms with E-state index >= 15 is 0 Å². The van der Waals surface area contributed by atoms with Crippen LogP contribution in [0.3, 0.4) is 0 Å². The van der Waals surface area contributed by atoms with Gasteiger partial charge < -0.3 is 10.1 Å². The molecule has 0 radical (unpaired) electrons. The molecule has 0 aliphatic heterocycles. The van der Waals surface area contributed by atoms with Gasteiger partial charge >= 0.3 is 5.97 Å². The largest absolute Gasteiger partial charge is 0.469 e. The summed E-state index contributed by atoms with van der Waals surface area (Å²) in [6.45, 7) is 1.64. The third-order valence-corrected chi connectivity index (χ3v) is 2.38. The summed E-state index contributed by atoms with van der Waals surface area (Å²) in [6, 6.07) is 2.67. The monoisotopic (exact) mass is 251 g/mol. The number of pyridine rings is 1. The van der Waals surface area contributed by atoms with Crippen LogP contribution in [0.25, 0.3) is 0 Å². The second-order valence-corrected chi connectivity index (χ2v) is 3.77. The van der Waals surface area contributed by atoms with Crippen molar-refractivity contribution in [1.82, 2.24) is 4.98 Å². The minimum absolute atomic E-state index is 0.132. The third-order valence-electron chi connectivity index (χ3n) is 2.38. The first-order valence-corrected chi connectivity index (χ1v) is 5.21. The summed E-state index contributed by atoms with van der Waals surface area (Å²) in [5.41, 5.74) is 0.326. The Bertz CT molecular complexity index is 470. The van der Waals surface area contributed by atoms with E-state index in [-0.39, 0.29) is 17.8 Å². The number of carbonyl (C=O) groups excluding carboxylic acids is 1. The standard InChI is InChI=1S/C11H13N3O4/c1-7(11(15)18-2)5-9(12)10-4-3-8(6-13-10)14(16)17/h3-4,6-7,12H,5H2,1-2H3. The highest BCUT2D eigenvalue weighted by Gasteiger charge is 2.17. The van der Waals surface area contributed by atoms with Gasteiger partial charge in [0.15, 0.2) is 0 Å². The minimum atomic E-state index is -0.558. The molecule has 1 rings (SSSR count). The Kier molecular flexibility index (Phi) is 4.47. The van der Waals surface area contributed by atoms with Crippen LogP contribution in [-0.4, -0.2) is 28.7 Å². The molecule has 1 aromatic rings. The normalized spacial score (nSPS) is 11.7. The number of carbonyl (C=O) groups is 1. The lowest BCUT2D eigenvalue weighted by Gasteiger charge is -2.09. The molecule has 18 heavy (non-hydrogen) atoms. The second-order valence-electron chi connectivity index (χ2n) is 3.77. The van der Waals surface area contributed by atoms with E-state index in [9.17, 15) is 14.9 Å². The first-order chi connectivity index (χ1) is 8.45. The summed E-state index contributed by atoms with van der Waals surface area (Å²) in [4.78, 5) is 24.9. The van der Waals surface area contributed by atoms with E-state index in [1.54, 1.807) is 6.92 Å². The fourth-order valence-electron chi connectivity index (χ4n) is 1.37. The molecule has 1 atom stereocenters. The molecule has 0 saturated carbocycles. The molecule has 96 valence electrons. The van der Waals surface area contributed by atoms with Crippen LogP contribution in [0.1, 0.15) is 19.0 Å². The van der Waals surface area contributed by atoms with Gasteiger partial charge in [0.05, 0.1) is 29.4 Å². The molecule has 7 heteroatoms. The lowest BCUT2D eigenvalue weighted by molar-refractivity contribution is -0.385. The predicted octanol–water partition coefficient (Wildman–Crippen LogP) is 1.56. The Morgan fingerprint density at radius 1 is 1.61 bits per heavy atom. The minimum Gasteiger partial charge on any atom is -0.469 e. The number of aromatic nitrogens is 1. The van der Waals surface area contributed by atoms with Gasteiger partial charge in [-0.15, -0.1) is 0 Å². The molecule has 1 aromatic heterocycles. The van der Waals surface area contributed by atoms with Crippen LogP contribution >= 0.6 is 0 Å². The van der Waals surface area contributed by atoms with Gasteiger partial charge in [0, 0.05) is 12.5 Å². The zero-order valence-electron chi connectivity index (χ0n) is 10.0. The fourth-order valence-corrected chi connectivity index (χ4v) is 1.37. The van der Waals surface area contributed by atoms with Gasteiger partial charge in [-0.25, -0.2) is 4.98 Å². The molecule has 0 aliphatic carbocycles. The molecule has 0 saturated heterocycles. The maximum Gasteiger partial charge on any atom is 0.308 e. The molecule has 1 unspecified atom stereocenters. The van der Waals surface area contributed by atoms with Crippen molar-refractivity contribution in [2.75, 3.05) is 7.11 Å². The number of hydrogen-bond acceptors (Lipinski definition) is 6. The highest BCUT2D eigenvalue weighted by atomic mass is 16.6. The van der Waals surface area contributed by atoms with Gasteiger partial charge in [0.2, 0.25) is 0 Å². The fraction of sp³-hybridized carbons (Fsp3) is 0.364. The number of nitrogens with one attached hydrogen (secondary N) is 1. The summed E-state index contributed by atoms with van der Waals surface area (Å²) < 4.78 is 4.55. The number of rotatable bonds is 5. The van der Waals surface area contributed by atoms with Crippen molar-refractivity contribution < 1.29 is 14.5 Å². The molecule has 1 heterocycles. The number of esters is 1. The number of nitro groups is 1. The number of hydrogen-bond donors (Lipinski definition) is 1. The summed E-state index contributed by atoms with van der Waals surface area (Å²) in [5.74, 6) is -0.846. The first-order valence-electron chi connectivity index (χ1n) is 5.21. The topological polar surface area (TPSA) is 106 Å². The van der Waals surface area contributed by atoms with Crippen molar-refractivity contribution in [2.45, 2.75) is 13.3 Å². The summed E-state index contributed by atoms with van der Waals surface area (Å²) >= 11 is 0. The van der Waals surface area contributed by atoms with Gasteiger partial charge in [0.1, 0.15) is 6.20 Å². The average molecular weight is 251 g/mol. The molecule has 0 amide bonds. The maximum atomic E-state index is 11.2. The second kappa shape index (κ2) is 5.85. The van der Waals surface area contributed by atoms with E-state index in [0.717, 1.165) is 6.20 Å². The Morgan fingerprint density at radius 2 is 2.28 bits per heavy atom. The van der Waals surface area contributed by atoms with Gasteiger partial charge in [-0.3, -0.25) is 14.9 Å². The van der Waals surface area contributed by atoms with Crippen molar-refractivity contribution in [3.63, 3.8) is 0 Å². The number of nitrogens with zero attached hydrogens (tertiary/aromatic N) is 2. The average Bonchev–Trinajstić information content (AvgIpc) is 2.37. The highest BCUT2D eigenvalue weighted by Crippen LogP contribution is 2.13.